The van der Waals surface area contributed by atoms with E-state index in [1.165, 1.54) is 23.4 Å². The minimum absolute atomic E-state index is 0.766. The maximum absolute atomic E-state index is 5.46. The van der Waals surface area contributed by atoms with Gasteiger partial charge >= 0.3 is 0 Å². The van der Waals surface area contributed by atoms with E-state index >= 15 is 0 Å². The van der Waals surface area contributed by atoms with Gasteiger partial charge in [0.25, 0.3) is 0 Å². The van der Waals surface area contributed by atoms with Crippen molar-refractivity contribution in [2.75, 3.05) is 5.75 Å². The van der Waals surface area contributed by atoms with E-state index in [0.29, 0.717) is 0 Å². The summed E-state index contributed by atoms with van der Waals surface area (Å²) in [5.74, 6) is 1.12. The van der Waals surface area contributed by atoms with Crippen molar-refractivity contribution in [1.82, 2.24) is 0 Å². The van der Waals surface area contributed by atoms with Crippen LogP contribution in [0.15, 0.2) is 0 Å². The molecule has 0 unspecified atom stereocenters. The fourth-order valence-corrected chi connectivity index (χ4v) is 2.73. The summed E-state index contributed by atoms with van der Waals surface area (Å²) in [6, 6.07) is 1.41. The molecule has 0 aliphatic rings. The van der Waals surface area contributed by atoms with Crippen LogP contribution in [0.25, 0.3) is 0 Å². The van der Waals surface area contributed by atoms with Crippen LogP contribution in [0.1, 0.15) is 6.42 Å². The molecule has 0 heterocycles. The molecule has 3 heteroatoms. The fourth-order valence-electron chi connectivity index (χ4n) is 0.657. The average Bonchev–Trinajstić information content (AvgIpc) is 1.63. The van der Waals surface area contributed by atoms with Crippen LogP contribution < -0.4 is 0 Å². The molecule has 0 amide bonds. The Morgan fingerprint density at radius 1 is 1.33 bits per heavy atom. The standard InChI is InChI=1S/C6H15ClSSi/c1-9(2,3)6-4-5-8-7/h4-6H2,1-3H3. The normalized spacial score (nSPS) is 12.0. The molecule has 0 atom stereocenters. The zero-order valence-corrected chi connectivity index (χ0v) is 8.98. The molecule has 0 saturated heterocycles. The van der Waals surface area contributed by atoms with Crippen LogP contribution in [0.2, 0.25) is 25.7 Å². The van der Waals surface area contributed by atoms with E-state index in [9.17, 15) is 0 Å². The monoisotopic (exact) mass is 182 g/mol. The third kappa shape index (κ3) is 8.86. The van der Waals surface area contributed by atoms with Crippen LogP contribution in [0.5, 0.6) is 0 Å². The molecule has 0 fully saturated rings. The molecule has 0 aromatic rings. The lowest BCUT2D eigenvalue weighted by atomic mass is 10.6. The van der Waals surface area contributed by atoms with Crippen molar-refractivity contribution in [3.05, 3.63) is 0 Å². The van der Waals surface area contributed by atoms with Gasteiger partial charge in [-0.3, -0.25) is 0 Å². The molecule has 0 saturated carbocycles. The third-order valence-electron chi connectivity index (χ3n) is 1.15. The largest absolute Gasteiger partial charge is 0.0695 e. The zero-order valence-electron chi connectivity index (χ0n) is 6.41. The van der Waals surface area contributed by atoms with Crippen molar-refractivity contribution < 1.29 is 0 Å². The Kier molecular flexibility index (Phi) is 5.08. The molecular weight excluding hydrogens is 168 g/mol. The highest BCUT2D eigenvalue weighted by Crippen LogP contribution is 2.15. The van der Waals surface area contributed by atoms with Gasteiger partial charge < -0.3 is 0 Å². The van der Waals surface area contributed by atoms with Gasteiger partial charge in [-0.1, -0.05) is 36.7 Å². The zero-order chi connectivity index (χ0) is 7.33. The van der Waals surface area contributed by atoms with E-state index in [1.807, 2.05) is 0 Å². The van der Waals surface area contributed by atoms with Crippen LogP contribution in [0.4, 0.5) is 0 Å². The lowest BCUT2D eigenvalue weighted by molar-refractivity contribution is 1.07. The molecule has 0 aliphatic heterocycles. The summed E-state index contributed by atoms with van der Waals surface area (Å²) in [6.45, 7) is 7.18. The summed E-state index contributed by atoms with van der Waals surface area (Å²) >= 11 is 0. The molecular formula is C6H15ClSSi. The van der Waals surface area contributed by atoms with E-state index in [0.717, 1.165) is 5.75 Å². The fraction of sp³-hybridized carbons (Fsp3) is 1.00. The van der Waals surface area contributed by atoms with Crippen LogP contribution in [-0.2, 0) is 0 Å². The van der Waals surface area contributed by atoms with Crippen LogP contribution in [-0.4, -0.2) is 13.8 Å². The van der Waals surface area contributed by atoms with Gasteiger partial charge in [-0.15, -0.1) is 0 Å². The van der Waals surface area contributed by atoms with E-state index in [4.69, 9.17) is 10.7 Å². The average molecular weight is 183 g/mol. The van der Waals surface area contributed by atoms with Gasteiger partial charge in [-0.05, 0) is 17.1 Å². The molecule has 0 aromatic carbocycles. The second-order valence-electron chi connectivity index (χ2n) is 3.48. The van der Waals surface area contributed by atoms with E-state index in [1.54, 1.807) is 0 Å². The molecule has 0 aromatic heterocycles. The van der Waals surface area contributed by atoms with Gasteiger partial charge in [0.1, 0.15) is 0 Å². The first kappa shape index (κ1) is 9.86. The Balaban J connectivity index is 3.07. The van der Waals surface area contributed by atoms with Gasteiger partial charge in [0.2, 0.25) is 0 Å². The minimum atomic E-state index is -0.766. The van der Waals surface area contributed by atoms with Crippen molar-refractivity contribution in [1.29, 1.82) is 0 Å². The maximum atomic E-state index is 5.46. The Labute approximate surface area is 67.9 Å². The highest BCUT2D eigenvalue weighted by Gasteiger charge is 2.10. The smallest absolute Gasteiger partial charge is 0.0442 e. The van der Waals surface area contributed by atoms with Crippen LogP contribution in [0.3, 0.4) is 0 Å². The first-order valence-electron chi connectivity index (χ1n) is 3.30. The van der Waals surface area contributed by atoms with Gasteiger partial charge in [-0.2, -0.15) is 0 Å². The molecule has 9 heavy (non-hydrogen) atoms. The summed E-state index contributed by atoms with van der Waals surface area (Å²) in [6.07, 6.45) is 1.30. The first-order valence-corrected chi connectivity index (χ1v) is 8.82. The number of hydrogen-bond donors (Lipinski definition) is 0. The van der Waals surface area contributed by atoms with Gasteiger partial charge in [0, 0.05) is 13.8 Å². The summed E-state index contributed by atoms with van der Waals surface area (Å²) in [5, 5.41) is 0. The quantitative estimate of drug-likeness (QED) is 0.473. The maximum Gasteiger partial charge on any atom is 0.0442 e. The van der Waals surface area contributed by atoms with Crippen LogP contribution in [0, 0.1) is 0 Å². The minimum Gasteiger partial charge on any atom is -0.0695 e. The number of rotatable bonds is 4. The van der Waals surface area contributed by atoms with Gasteiger partial charge in [0.05, 0.1) is 0 Å². The van der Waals surface area contributed by atoms with Crippen molar-refractivity contribution in [3.8, 4) is 0 Å². The lowest BCUT2D eigenvalue weighted by Crippen LogP contribution is -2.18. The molecule has 0 bridgehead atoms. The first-order chi connectivity index (χ1) is 4.06. The highest BCUT2D eigenvalue weighted by atomic mass is 35.7. The second-order valence-corrected chi connectivity index (χ2v) is 10.4. The number of hydrogen-bond acceptors (Lipinski definition) is 1. The molecule has 0 N–H and O–H groups in total. The topological polar surface area (TPSA) is 0 Å². The van der Waals surface area contributed by atoms with Crippen molar-refractivity contribution in [2.45, 2.75) is 32.1 Å². The Bertz CT molecular complexity index is 69.9. The van der Waals surface area contributed by atoms with Gasteiger partial charge in [-0.25, -0.2) is 0 Å². The van der Waals surface area contributed by atoms with Crippen molar-refractivity contribution >= 4 is 29.7 Å². The third-order valence-corrected chi connectivity index (χ3v) is 3.91. The number of halogens is 1. The second kappa shape index (κ2) is 4.64. The summed E-state index contributed by atoms with van der Waals surface area (Å²) in [4.78, 5) is 0. The molecule has 0 radical (unpaired) electrons. The predicted molar refractivity (Wildman–Crippen MR) is 51.1 cm³/mol. The van der Waals surface area contributed by atoms with Gasteiger partial charge in [0.15, 0.2) is 0 Å². The Morgan fingerprint density at radius 2 is 1.89 bits per heavy atom. The van der Waals surface area contributed by atoms with E-state index in [2.05, 4.69) is 19.6 Å². The molecule has 0 spiro atoms. The molecule has 0 aliphatic carbocycles. The van der Waals surface area contributed by atoms with Crippen LogP contribution >= 0.6 is 21.7 Å². The summed E-state index contributed by atoms with van der Waals surface area (Å²) < 4.78 is 0. The van der Waals surface area contributed by atoms with Crippen molar-refractivity contribution in [2.24, 2.45) is 0 Å². The molecule has 0 nitrogen and oxygen atoms in total. The Hall–Kier alpha value is 0.857. The molecule has 56 valence electrons. The Morgan fingerprint density at radius 3 is 2.22 bits per heavy atom. The predicted octanol–water partition coefficient (Wildman–Crippen LogP) is 3.60. The van der Waals surface area contributed by atoms with E-state index < -0.39 is 8.07 Å². The van der Waals surface area contributed by atoms with Crippen molar-refractivity contribution in [3.63, 3.8) is 0 Å². The van der Waals surface area contributed by atoms with E-state index in [-0.39, 0.29) is 0 Å². The highest BCUT2D eigenvalue weighted by molar-refractivity contribution is 8.21. The lowest BCUT2D eigenvalue weighted by Gasteiger charge is -2.13. The SMILES string of the molecule is C[Si](C)(C)CCCSCl. The summed E-state index contributed by atoms with van der Waals surface area (Å²) in [5.41, 5.74) is 0. The summed E-state index contributed by atoms with van der Waals surface area (Å²) in [7, 11) is 6.13. The molecule has 0 rings (SSSR count).